The molecule has 0 heterocycles. The number of nitrogens with zero attached hydrogens (tertiary/aromatic N) is 2. The van der Waals surface area contributed by atoms with Crippen molar-refractivity contribution in [1.29, 1.82) is 0 Å². The molecule has 0 radical (unpaired) electrons. The monoisotopic (exact) mass is 302 g/mol. The predicted octanol–water partition coefficient (Wildman–Crippen LogP) is 5.30. The lowest BCUT2D eigenvalue weighted by molar-refractivity contribution is 1.31. The second-order valence-electron chi connectivity index (χ2n) is 5.67. The van der Waals surface area contributed by atoms with Crippen molar-refractivity contribution in [3.8, 4) is 0 Å². The van der Waals surface area contributed by atoms with Crippen LogP contribution in [0.15, 0.2) is 52.1 Å². The van der Waals surface area contributed by atoms with Crippen LogP contribution in [0.2, 0.25) is 0 Å². The van der Waals surface area contributed by atoms with Crippen molar-refractivity contribution in [3.05, 3.63) is 75.5 Å². The number of rotatable bonds is 4. The summed E-state index contributed by atoms with van der Waals surface area (Å²) in [5, 5.41) is 0. The van der Waals surface area contributed by atoms with E-state index in [0.29, 0.717) is 11.4 Å². The summed E-state index contributed by atoms with van der Waals surface area (Å²) < 4.78 is 0. The van der Waals surface area contributed by atoms with Gasteiger partial charge in [0.25, 0.3) is 0 Å². The molecule has 0 fully saturated rings. The Hall–Kier alpha value is -2.70. The predicted molar refractivity (Wildman–Crippen MR) is 101 cm³/mol. The van der Waals surface area contributed by atoms with Gasteiger partial charge in [-0.05, 0) is 63.4 Å². The van der Waals surface area contributed by atoms with Gasteiger partial charge in [0.1, 0.15) is 11.4 Å². The van der Waals surface area contributed by atoms with Crippen LogP contribution in [0.25, 0.3) is 11.4 Å². The van der Waals surface area contributed by atoms with E-state index in [9.17, 15) is 0 Å². The van der Waals surface area contributed by atoms with E-state index >= 15 is 0 Å². The molecule has 23 heavy (non-hydrogen) atoms. The fourth-order valence-electron chi connectivity index (χ4n) is 2.85. The first kappa shape index (κ1) is 16.7. The molecular weight excluding hydrogens is 280 g/mol. The summed E-state index contributed by atoms with van der Waals surface area (Å²) in [6.07, 6.45) is 0. The fraction of sp³-hybridized carbons (Fsp3) is 0.190. The van der Waals surface area contributed by atoms with Crippen LogP contribution in [0, 0.1) is 27.7 Å². The van der Waals surface area contributed by atoms with Crippen LogP contribution < -0.4 is 0 Å². The molecule has 0 saturated carbocycles. The van der Waals surface area contributed by atoms with Gasteiger partial charge in [0, 0.05) is 11.1 Å². The maximum atomic E-state index is 4.20. The molecule has 2 nitrogen and oxygen atoms in total. The fourth-order valence-corrected chi connectivity index (χ4v) is 2.85. The first-order valence-electron chi connectivity index (χ1n) is 7.57. The van der Waals surface area contributed by atoms with E-state index in [1.807, 2.05) is 12.1 Å². The van der Waals surface area contributed by atoms with Gasteiger partial charge in [0.2, 0.25) is 0 Å². The molecule has 0 unspecified atom stereocenters. The van der Waals surface area contributed by atoms with Gasteiger partial charge < -0.3 is 0 Å². The molecule has 2 aromatic carbocycles. The lowest BCUT2D eigenvalue weighted by atomic mass is 9.98. The summed E-state index contributed by atoms with van der Waals surface area (Å²) in [5.74, 6) is 0. The van der Waals surface area contributed by atoms with Gasteiger partial charge in [-0.25, -0.2) is 0 Å². The van der Waals surface area contributed by atoms with Crippen molar-refractivity contribution in [1.82, 2.24) is 0 Å². The third-order valence-corrected chi connectivity index (χ3v) is 3.99. The minimum atomic E-state index is 0.700. The van der Waals surface area contributed by atoms with Crippen molar-refractivity contribution in [2.24, 2.45) is 9.98 Å². The maximum Gasteiger partial charge on any atom is 0.114 e. The Morgan fingerprint density at radius 1 is 0.696 bits per heavy atom. The summed E-state index contributed by atoms with van der Waals surface area (Å²) in [6, 6.07) is 12.3. The summed E-state index contributed by atoms with van der Waals surface area (Å²) in [4.78, 5) is 8.40. The Bertz CT molecular complexity index is 727. The lowest BCUT2D eigenvalue weighted by Gasteiger charge is -2.10. The van der Waals surface area contributed by atoms with Crippen molar-refractivity contribution < 1.29 is 0 Å². The van der Waals surface area contributed by atoms with Crippen LogP contribution in [0.4, 0.5) is 0 Å². The zero-order valence-corrected chi connectivity index (χ0v) is 14.3. The van der Waals surface area contributed by atoms with Crippen LogP contribution in [0.5, 0.6) is 0 Å². The maximum absolute atomic E-state index is 4.20. The third-order valence-electron chi connectivity index (χ3n) is 3.99. The summed E-state index contributed by atoms with van der Waals surface area (Å²) in [6.45, 7) is 15.7. The molecule has 0 amide bonds. The SMILES string of the molecule is C=NC(=C=C(N=C)c1c(C)cccc1C)c1c(C)cccc1C. The van der Waals surface area contributed by atoms with Gasteiger partial charge in [-0.15, -0.1) is 0 Å². The average Bonchev–Trinajstić information content (AvgIpc) is 2.51. The number of hydrogen-bond acceptors (Lipinski definition) is 2. The van der Waals surface area contributed by atoms with Crippen LogP contribution in [0.1, 0.15) is 33.4 Å². The van der Waals surface area contributed by atoms with Gasteiger partial charge in [-0.2, -0.15) is 0 Å². The molecule has 0 bridgehead atoms. The number of hydrogen-bond donors (Lipinski definition) is 0. The molecule has 0 aromatic heterocycles. The molecule has 0 aliphatic carbocycles. The topological polar surface area (TPSA) is 24.7 Å². The average molecular weight is 302 g/mol. The highest BCUT2D eigenvalue weighted by Gasteiger charge is 2.10. The highest BCUT2D eigenvalue weighted by molar-refractivity contribution is 5.80. The lowest BCUT2D eigenvalue weighted by Crippen LogP contribution is -1.93. The first-order valence-corrected chi connectivity index (χ1v) is 7.57. The van der Waals surface area contributed by atoms with Crippen molar-refractivity contribution in [2.75, 3.05) is 0 Å². The highest BCUT2D eigenvalue weighted by Crippen LogP contribution is 2.27. The number of benzene rings is 2. The smallest absolute Gasteiger partial charge is 0.114 e. The van der Waals surface area contributed by atoms with Crippen molar-refractivity contribution >= 4 is 24.8 Å². The molecule has 0 aliphatic heterocycles. The molecule has 2 rings (SSSR count). The van der Waals surface area contributed by atoms with Crippen molar-refractivity contribution in [3.63, 3.8) is 0 Å². The van der Waals surface area contributed by atoms with E-state index in [4.69, 9.17) is 0 Å². The molecule has 0 saturated heterocycles. The largest absolute Gasteiger partial charge is 0.255 e. The van der Waals surface area contributed by atoms with Crippen LogP contribution in [-0.4, -0.2) is 13.4 Å². The zero-order chi connectivity index (χ0) is 17.0. The van der Waals surface area contributed by atoms with Gasteiger partial charge >= 0.3 is 0 Å². The number of aryl methyl sites for hydroxylation is 4. The molecule has 0 atom stereocenters. The van der Waals surface area contributed by atoms with Gasteiger partial charge in [0.05, 0.1) is 0 Å². The van der Waals surface area contributed by atoms with E-state index in [1.165, 1.54) is 0 Å². The molecule has 2 heteroatoms. The van der Waals surface area contributed by atoms with E-state index in [1.54, 1.807) is 0 Å². The zero-order valence-electron chi connectivity index (χ0n) is 14.3. The second-order valence-corrected chi connectivity index (χ2v) is 5.67. The Labute approximate surface area is 138 Å². The van der Waals surface area contributed by atoms with Crippen LogP contribution >= 0.6 is 0 Å². The van der Waals surface area contributed by atoms with Gasteiger partial charge in [-0.3, -0.25) is 9.98 Å². The van der Waals surface area contributed by atoms with E-state index < -0.39 is 0 Å². The molecule has 0 spiro atoms. The Kier molecular flexibility index (Phi) is 5.10. The minimum Gasteiger partial charge on any atom is -0.255 e. The summed E-state index contributed by atoms with van der Waals surface area (Å²) >= 11 is 0. The van der Waals surface area contributed by atoms with Crippen LogP contribution in [-0.2, 0) is 0 Å². The Morgan fingerprint density at radius 2 is 1.00 bits per heavy atom. The third kappa shape index (κ3) is 3.39. The minimum absolute atomic E-state index is 0.700. The summed E-state index contributed by atoms with van der Waals surface area (Å²) in [5.41, 5.74) is 11.4. The Morgan fingerprint density at radius 3 is 1.26 bits per heavy atom. The van der Waals surface area contributed by atoms with Crippen LogP contribution in [0.3, 0.4) is 0 Å². The summed E-state index contributed by atoms with van der Waals surface area (Å²) in [7, 11) is 0. The second kappa shape index (κ2) is 7.04. The molecule has 0 N–H and O–H groups in total. The van der Waals surface area contributed by atoms with E-state index in [2.05, 4.69) is 81.1 Å². The standard InChI is InChI=1S/C21H22N2/c1-14-9-7-10-15(2)20(14)18(22-5)13-19(23-6)21-16(3)11-8-12-17(21)4/h7-12H,5-6H2,1-4H3. The molecule has 2 aromatic rings. The number of aliphatic imine (C=N–C) groups is 2. The molecular formula is C21H22N2. The molecule has 116 valence electrons. The van der Waals surface area contributed by atoms with Gasteiger partial charge in [0.15, 0.2) is 0 Å². The first-order chi connectivity index (χ1) is 11.0. The highest BCUT2D eigenvalue weighted by atomic mass is 14.7. The van der Waals surface area contributed by atoms with E-state index in [-0.39, 0.29) is 0 Å². The molecule has 0 aliphatic rings. The quantitative estimate of drug-likeness (QED) is 0.540. The Balaban J connectivity index is 2.82. The van der Waals surface area contributed by atoms with Gasteiger partial charge in [-0.1, -0.05) is 42.1 Å². The van der Waals surface area contributed by atoms with E-state index in [0.717, 1.165) is 33.4 Å². The van der Waals surface area contributed by atoms with Crippen molar-refractivity contribution in [2.45, 2.75) is 27.7 Å². The normalized spacial score (nSPS) is 9.91.